The molecule has 28 heavy (non-hydrogen) atoms. The first kappa shape index (κ1) is 18.6. The summed E-state index contributed by atoms with van der Waals surface area (Å²) in [5.41, 5.74) is 1.30. The standard InChI is InChI=1S/C21H24N4O3/c26-20-14-25(21(27)19-10-22-8-9-23-19)13-18(28-15-17-6-7-17)12-24(20)11-16-4-2-1-3-5-16/h1-5,8-10,17-18H,6-7,11-15H2. The van der Waals surface area contributed by atoms with Gasteiger partial charge in [0.1, 0.15) is 12.2 Å². The van der Waals surface area contributed by atoms with E-state index >= 15 is 0 Å². The van der Waals surface area contributed by atoms with Gasteiger partial charge in [-0.15, -0.1) is 0 Å². The molecule has 0 spiro atoms. The molecule has 7 nitrogen and oxygen atoms in total. The minimum absolute atomic E-state index is 0.0194. The smallest absolute Gasteiger partial charge is 0.274 e. The number of nitrogens with zero attached hydrogens (tertiary/aromatic N) is 4. The second kappa shape index (κ2) is 8.48. The van der Waals surface area contributed by atoms with Gasteiger partial charge < -0.3 is 14.5 Å². The zero-order valence-corrected chi connectivity index (χ0v) is 15.7. The Kier molecular flexibility index (Phi) is 5.62. The quantitative estimate of drug-likeness (QED) is 0.763. The molecule has 2 aromatic rings. The van der Waals surface area contributed by atoms with Crippen LogP contribution < -0.4 is 0 Å². The van der Waals surface area contributed by atoms with E-state index in [0.717, 1.165) is 5.56 Å². The Hall–Kier alpha value is -2.80. The van der Waals surface area contributed by atoms with Crippen molar-refractivity contribution >= 4 is 11.8 Å². The number of carbonyl (C=O) groups is 2. The van der Waals surface area contributed by atoms with Crippen molar-refractivity contribution in [1.29, 1.82) is 0 Å². The van der Waals surface area contributed by atoms with E-state index in [0.29, 0.717) is 32.2 Å². The largest absolute Gasteiger partial charge is 0.374 e. The van der Waals surface area contributed by atoms with Gasteiger partial charge in [-0.05, 0) is 24.3 Å². The molecule has 0 radical (unpaired) electrons. The van der Waals surface area contributed by atoms with Crippen molar-refractivity contribution in [3.8, 4) is 0 Å². The first-order chi connectivity index (χ1) is 13.7. The topological polar surface area (TPSA) is 75.6 Å². The van der Waals surface area contributed by atoms with Crippen LogP contribution in [0.3, 0.4) is 0 Å². The Morgan fingerprint density at radius 1 is 1.14 bits per heavy atom. The van der Waals surface area contributed by atoms with Crippen LogP contribution in [0.4, 0.5) is 0 Å². The summed E-state index contributed by atoms with van der Waals surface area (Å²) in [5, 5.41) is 0. The monoisotopic (exact) mass is 380 g/mol. The summed E-state index contributed by atoms with van der Waals surface area (Å²) in [7, 11) is 0. The number of aromatic nitrogens is 2. The lowest BCUT2D eigenvalue weighted by atomic mass is 10.2. The Bertz CT molecular complexity index is 811. The molecule has 4 rings (SSSR count). The zero-order chi connectivity index (χ0) is 19.3. The fourth-order valence-corrected chi connectivity index (χ4v) is 3.32. The van der Waals surface area contributed by atoms with E-state index in [-0.39, 0.29) is 30.2 Å². The molecule has 2 fully saturated rings. The molecule has 1 unspecified atom stereocenters. The van der Waals surface area contributed by atoms with Gasteiger partial charge >= 0.3 is 0 Å². The molecule has 0 bridgehead atoms. The van der Waals surface area contributed by atoms with E-state index in [1.54, 1.807) is 4.90 Å². The minimum atomic E-state index is -0.289. The summed E-state index contributed by atoms with van der Waals surface area (Å²) in [5.74, 6) is 0.243. The van der Waals surface area contributed by atoms with E-state index in [2.05, 4.69) is 9.97 Å². The van der Waals surface area contributed by atoms with Crippen molar-refractivity contribution in [1.82, 2.24) is 19.8 Å². The maximum Gasteiger partial charge on any atom is 0.274 e. The average Bonchev–Trinajstić information content (AvgIpc) is 3.56. The van der Waals surface area contributed by atoms with Gasteiger partial charge in [0.2, 0.25) is 5.91 Å². The highest BCUT2D eigenvalue weighted by atomic mass is 16.5. The molecule has 1 aromatic carbocycles. The van der Waals surface area contributed by atoms with Gasteiger partial charge in [-0.2, -0.15) is 0 Å². The lowest BCUT2D eigenvalue weighted by Gasteiger charge is -2.25. The second-order valence-electron chi connectivity index (χ2n) is 7.43. The van der Waals surface area contributed by atoms with Crippen LogP contribution in [0.15, 0.2) is 48.9 Å². The van der Waals surface area contributed by atoms with E-state index in [4.69, 9.17) is 4.74 Å². The fraction of sp³-hybridized carbons (Fsp3) is 0.429. The second-order valence-corrected chi connectivity index (χ2v) is 7.43. The number of benzene rings is 1. The molecular weight excluding hydrogens is 356 g/mol. The lowest BCUT2D eigenvalue weighted by molar-refractivity contribution is -0.132. The van der Waals surface area contributed by atoms with Gasteiger partial charge in [-0.1, -0.05) is 30.3 Å². The SMILES string of the molecule is O=C1CN(C(=O)c2cnccn2)CC(OCC2CC2)CN1Cc1ccccc1. The number of carbonyl (C=O) groups excluding carboxylic acids is 2. The van der Waals surface area contributed by atoms with Gasteiger partial charge in [0.15, 0.2) is 0 Å². The van der Waals surface area contributed by atoms with Crippen molar-refractivity contribution in [2.24, 2.45) is 5.92 Å². The molecule has 0 N–H and O–H groups in total. The van der Waals surface area contributed by atoms with Crippen LogP contribution in [0.25, 0.3) is 0 Å². The molecule has 1 aliphatic carbocycles. The summed E-state index contributed by atoms with van der Waals surface area (Å²) >= 11 is 0. The van der Waals surface area contributed by atoms with Gasteiger partial charge in [0.25, 0.3) is 5.91 Å². The van der Waals surface area contributed by atoms with Crippen molar-refractivity contribution in [3.05, 3.63) is 60.2 Å². The molecule has 1 aromatic heterocycles. The van der Waals surface area contributed by atoms with Crippen LogP contribution >= 0.6 is 0 Å². The normalized spacial score (nSPS) is 20.1. The van der Waals surface area contributed by atoms with Gasteiger partial charge in [0.05, 0.1) is 12.3 Å². The van der Waals surface area contributed by atoms with Crippen LogP contribution in [0.1, 0.15) is 28.9 Å². The van der Waals surface area contributed by atoms with Crippen LogP contribution in [0, 0.1) is 5.92 Å². The third-order valence-corrected chi connectivity index (χ3v) is 5.08. The summed E-state index contributed by atoms with van der Waals surface area (Å²) in [6.07, 6.45) is 6.61. The van der Waals surface area contributed by atoms with Gasteiger partial charge in [-0.3, -0.25) is 14.6 Å². The predicted octanol–water partition coefficient (Wildman–Crippen LogP) is 1.76. The zero-order valence-electron chi connectivity index (χ0n) is 15.7. The third-order valence-electron chi connectivity index (χ3n) is 5.08. The molecule has 1 aliphatic heterocycles. The van der Waals surface area contributed by atoms with Crippen LogP contribution in [-0.2, 0) is 16.1 Å². The van der Waals surface area contributed by atoms with Crippen LogP contribution in [0.5, 0.6) is 0 Å². The van der Waals surface area contributed by atoms with Crippen molar-refractivity contribution in [2.75, 3.05) is 26.2 Å². The van der Waals surface area contributed by atoms with Gasteiger partial charge in [0, 0.05) is 38.6 Å². The summed E-state index contributed by atoms with van der Waals surface area (Å²) < 4.78 is 6.10. The van der Waals surface area contributed by atoms with E-state index in [9.17, 15) is 9.59 Å². The van der Waals surface area contributed by atoms with Crippen molar-refractivity contribution < 1.29 is 14.3 Å². The highest BCUT2D eigenvalue weighted by Crippen LogP contribution is 2.29. The molecule has 1 atom stereocenters. The first-order valence-corrected chi connectivity index (χ1v) is 9.67. The lowest BCUT2D eigenvalue weighted by Crippen LogP contribution is -2.40. The molecule has 1 saturated heterocycles. The molecule has 2 aliphatic rings. The fourth-order valence-electron chi connectivity index (χ4n) is 3.32. The summed E-state index contributed by atoms with van der Waals surface area (Å²) in [6, 6.07) is 9.88. The average molecular weight is 380 g/mol. The number of rotatable bonds is 6. The Morgan fingerprint density at radius 2 is 1.96 bits per heavy atom. The minimum Gasteiger partial charge on any atom is -0.374 e. The summed E-state index contributed by atoms with van der Waals surface area (Å²) in [6.45, 7) is 2.07. The molecule has 2 amide bonds. The molecule has 1 saturated carbocycles. The third kappa shape index (κ3) is 4.72. The Labute approximate surface area is 164 Å². The van der Waals surface area contributed by atoms with E-state index in [1.165, 1.54) is 36.3 Å². The molecular formula is C21H24N4O3. The maximum atomic E-state index is 12.9. The molecule has 2 heterocycles. The first-order valence-electron chi connectivity index (χ1n) is 9.67. The van der Waals surface area contributed by atoms with Crippen LogP contribution in [-0.4, -0.2) is 63.9 Å². The number of amides is 2. The number of ether oxygens (including phenoxy) is 1. The van der Waals surface area contributed by atoms with Gasteiger partial charge in [-0.25, -0.2) is 4.98 Å². The van der Waals surface area contributed by atoms with Crippen molar-refractivity contribution in [3.63, 3.8) is 0 Å². The highest BCUT2D eigenvalue weighted by molar-refractivity contribution is 5.95. The maximum absolute atomic E-state index is 12.9. The van der Waals surface area contributed by atoms with Crippen LogP contribution in [0.2, 0.25) is 0 Å². The predicted molar refractivity (Wildman–Crippen MR) is 102 cm³/mol. The number of hydrogen-bond acceptors (Lipinski definition) is 5. The molecule has 146 valence electrons. The summed E-state index contributed by atoms with van der Waals surface area (Å²) in [4.78, 5) is 37.1. The van der Waals surface area contributed by atoms with E-state index in [1.807, 2.05) is 30.3 Å². The highest BCUT2D eigenvalue weighted by Gasteiger charge is 2.33. The number of hydrogen-bond donors (Lipinski definition) is 0. The van der Waals surface area contributed by atoms with Crippen molar-refractivity contribution in [2.45, 2.75) is 25.5 Å². The Morgan fingerprint density at radius 3 is 2.68 bits per heavy atom. The molecule has 7 heteroatoms. The Balaban J connectivity index is 1.51. The van der Waals surface area contributed by atoms with E-state index < -0.39 is 0 Å².